The van der Waals surface area contributed by atoms with E-state index in [-0.39, 0.29) is 11.7 Å². The maximum absolute atomic E-state index is 11.1. The fraction of sp³-hybridized carbons (Fsp3) is 0.364. The van der Waals surface area contributed by atoms with Gasteiger partial charge in [-0.05, 0) is 13.0 Å². The number of carbonyl (C=O) groups excluding carboxylic acids is 1. The Morgan fingerprint density at radius 3 is 2.67 bits per heavy atom. The van der Waals surface area contributed by atoms with E-state index >= 15 is 0 Å². The highest BCUT2D eigenvalue weighted by Crippen LogP contribution is 2.22. The van der Waals surface area contributed by atoms with Crippen molar-refractivity contribution < 1.29 is 9.72 Å². The summed E-state index contributed by atoms with van der Waals surface area (Å²) in [5, 5.41) is 18.8. The number of nitro groups is 1. The van der Waals surface area contributed by atoms with E-state index in [9.17, 15) is 14.9 Å². The Labute approximate surface area is 105 Å². The number of nitrogens with zero attached hydrogens (tertiary/aromatic N) is 1. The number of urea groups is 1. The summed E-state index contributed by atoms with van der Waals surface area (Å²) in [5.41, 5.74) is 0.468. The SMILES string of the molecule is CCNC(=O)NCCNc1ccccc1[N+](=O)[O-]. The fourth-order valence-electron chi connectivity index (χ4n) is 1.38. The average molecular weight is 252 g/mol. The third-order valence-electron chi connectivity index (χ3n) is 2.16. The summed E-state index contributed by atoms with van der Waals surface area (Å²) in [6.07, 6.45) is 0. The molecule has 7 heteroatoms. The van der Waals surface area contributed by atoms with Crippen molar-refractivity contribution in [3.63, 3.8) is 0 Å². The van der Waals surface area contributed by atoms with Crippen LogP contribution in [0.1, 0.15) is 6.92 Å². The molecule has 0 aromatic heterocycles. The van der Waals surface area contributed by atoms with Crippen LogP contribution < -0.4 is 16.0 Å². The molecular weight excluding hydrogens is 236 g/mol. The average Bonchev–Trinajstić information content (AvgIpc) is 2.35. The second-order valence-corrected chi connectivity index (χ2v) is 3.49. The molecule has 0 aliphatic rings. The van der Waals surface area contributed by atoms with Gasteiger partial charge in [0.1, 0.15) is 5.69 Å². The van der Waals surface area contributed by atoms with Crippen molar-refractivity contribution in [3.8, 4) is 0 Å². The van der Waals surface area contributed by atoms with Crippen molar-refractivity contribution in [2.24, 2.45) is 0 Å². The molecule has 1 aromatic rings. The van der Waals surface area contributed by atoms with Gasteiger partial charge in [0.15, 0.2) is 0 Å². The Morgan fingerprint density at radius 1 is 1.28 bits per heavy atom. The highest BCUT2D eigenvalue weighted by Gasteiger charge is 2.11. The molecule has 0 saturated heterocycles. The molecule has 0 heterocycles. The predicted octanol–water partition coefficient (Wildman–Crippen LogP) is 1.33. The number of nitrogens with one attached hydrogen (secondary N) is 3. The lowest BCUT2D eigenvalue weighted by Crippen LogP contribution is -2.37. The Bertz CT molecular complexity index is 423. The molecule has 18 heavy (non-hydrogen) atoms. The smallest absolute Gasteiger partial charge is 0.314 e. The first-order valence-electron chi connectivity index (χ1n) is 5.64. The second-order valence-electron chi connectivity index (χ2n) is 3.49. The van der Waals surface area contributed by atoms with Crippen LogP contribution in [0.15, 0.2) is 24.3 Å². The van der Waals surface area contributed by atoms with E-state index in [2.05, 4.69) is 16.0 Å². The lowest BCUT2D eigenvalue weighted by molar-refractivity contribution is -0.384. The highest BCUT2D eigenvalue weighted by molar-refractivity contribution is 5.73. The summed E-state index contributed by atoms with van der Waals surface area (Å²) in [7, 11) is 0. The van der Waals surface area contributed by atoms with Gasteiger partial charge >= 0.3 is 6.03 Å². The van der Waals surface area contributed by atoms with Crippen LogP contribution in [0, 0.1) is 10.1 Å². The van der Waals surface area contributed by atoms with Gasteiger partial charge in [-0.1, -0.05) is 12.1 Å². The third kappa shape index (κ3) is 4.28. The van der Waals surface area contributed by atoms with Crippen molar-refractivity contribution in [3.05, 3.63) is 34.4 Å². The molecule has 1 aromatic carbocycles. The van der Waals surface area contributed by atoms with Crippen LogP contribution in [-0.4, -0.2) is 30.6 Å². The maximum atomic E-state index is 11.1. The molecule has 7 nitrogen and oxygen atoms in total. The first-order valence-corrected chi connectivity index (χ1v) is 5.64. The number of anilines is 1. The molecule has 0 aliphatic carbocycles. The number of hydrogen-bond acceptors (Lipinski definition) is 4. The Kier molecular flexibility index (Phi) is 5.43. The monoisotopic (exact) mass is 252 g/mol. The topological polar surface area (TPSA) is 96.3 Å². The van der Waals surface area contributed by atoms with Gasteiger partial charge in [0.25, 0.3) is 5.69 Å². The van der Waals surface area contributed by atoms with Crippen LogP contribution in [0.25, 0.3) is 0 Å². The van der Waals surface area contributed by atoms with E-state index in [0.717, 1.165) is 0 Å². The van der Waals surface area contributed by atoms with Crippen LogP contribution in [0.4, 0.5) is 16.2 Å². The summed E-state index contributed by atoms with van der Waals surface area (Å²) in [4.78, 5) is 21.4. The number of benzene rings is 1. The van der Waals surface area contributed by atoms with Crippen molar-refractivity contribution in [1.29, 1.82) is 0 Å². The van der Waals surface area contributed by atoms with Gasteiger partial charge in [-0.2, -0.15) is 0 Å². The van der Waals surface area contributed by atoms with Gasteiger partial charge in [0, 0.05) is 25.7 Å². The van der Waals surface area contributed by atoms with Gasteiger partial charge in [-0.25, -0.2) is 4.79 Å². The van der Waals surface area contributed by atoms with E-state index in [1.165, 1.54) is 6.07 Å². The summed E-state index contributed by atoms with van der Waals surface area (Å²) >= 11 is 0. The van der Waals surface area contributed by atoms with Gasteiger partial charge in [0.05, 0.1) is 4.92 Å². The van der Waals surface area contributed by atoms with Crippen LogP contribution in [0.5, 0.6) is 0 Å². The molecule has 0 atom stereocenters. The first-order chi connectivity index (χ1) is 8.65. The van der Waals surface area contributed by atoms with Crippen molar-refractivity contribution in [2.45, 2.75) is 6.92 Å². The van der Waals surface area contributed by atoms with Crippen molar-refractivity contribution in [1.82, 2.24) is 10.6 Å². The van der Waals surface area contributed by atoms with Crippen LogP contribution in [0.3, 0.4) is 0 Å². The molecule has 1 rings (SSSR count). The molecule has 0 unspecified atom stereocenters. The van der Waals surface area contributed by atoms with Gasteiger partial charge in [0.2, 0.25) is 0 Å². The molecule has 0 saturated carbocycles. The summed E-state index contributed by atoms with van der Waals surface area (Å²) in [5.74, 6) is 0. The molecule has 0 aliphatic heterocycles. The molecule has 0 radical (unpaired) electrons. The molecule has 0 fully saturated rings. The van der Waals surface area contributed by atoms with Crippen molar-refractivity contribution in [2.75, 3.05) is 25.0 Å². The number of para-hydroxylation sites is 2. The quantitative estimate of drug-likeness (QED) is 0.404. The number of hydrogen-bond donors (Lipinski definition) is 3. The lowest BCUT2D eigenvalue weighted by Gasteiger charge is -2.08. The molecule has 3 N–H and O–H groups in total. The summed E-state index contributed by atoms with van der Waals surface area (Å²) in [6, 6.07) is 6.13. The predicted molar refractivity (Wildman–Crippen MR) is 68.7 cm³/mol. The zero-order chi connectivity index (χ0) is 13.4. The molecule has 0 bridgehead atoms. The second kappa shape index (κ2) is 7.10. The third-order valence-corrected chi connectivity index (χ3v) is 2.16. The summed E-state index contributed by atoms with van der Waals surface area (Å²) in [6.45, 7) is 3.19. The fourth-order valence-corrected chi connectivity index (χ4v) is 1.38. The van der Waals surface area contributed by atoms with E-state index in [4.69, 9.17) is 0 Å². The van der Waals surface area contributed by atoms with Gasteiger partial charge in [-0.15, -0.1) is 0 Å². The number of carbonyl (C=O) groups is 1. The first kappa shape index (κ1) is 13.8. The van der Waals surface area contributed by atoms with E-state index in [0.29, 0.717) is 25.3 Å². The summed E-state index contributed by atoms with van der Waals surface area (Å²) < 4.78 is 0. The lowest BCUT2D eigenvalue weighted by atomic mass is 10.2. The number of amides is 2. The Morgan fingerprint density at radius 2 is 2.00 bits per heavy atom. The standard InChI is InChI=1S/C11H16N4O3/c1-2-12-11(16)14-8-7-13-9-5-3-4-6-10(9)15(17)18/h3-6,13H,2,7-8H2,1H3,(H2,12,14,16). The molecular formula is C11H16N4O3. The molecule has 2 amide bonds. The van der Waals surface area contributed by atoms with Crippen LogP contribution in [-0.2, 0) is 0 Å². The van der Waals surface area contributed by atoms with Crippen molar-refractivity contribution >= 4 is 17.4 Å². The van der Waals surface area contributed by atoms with Gasteiger partial charge < -0.3 is 16.0 Å². The van der Waals surface area contributed by atoms with Crippen LogP contribution in [0.2, 0.25) is 0 Å². The Hall–Kier alpha value is -2.31. The van der Waals surface area contributed by atoms with E-state index in [1.807, 2.05) is 6.92 Å². The minimum Gasteiger partial charge on any atom is -0.378 e. The zero-order valence-corrected chi connectivity index (χ0v) is 10.1. The molecule has 0 spiro atoms. The Balaban J connectivity index is 2.40. The normalized spacial score (nSPS) is 9.61. The minimum atomic E-state index is -0.445. The maximum Gasteiger partial charge on any atom is 0.314 e. The largest absolute Gasteiger partial charge is 0.378 e. The van der Waals surface area contributed by atoms with E-state index < -0.39 is 4.92 Å². The minimum absolute atomic E-state index is 0.0236. The van der Waals surface area contributed by atoms with Crippen LogP contribution >= 0.6 is 0 Å². The van der Waals surface area contributed by atoms with Gasteiger partial charge in [-0.3, -0.25) is 10.1 Å². The van der Waals surface area contributed by atoms with E-state index in [1.54, 1.807) is 18.2 Å². The zero-order valence-electron chi connectivity index (χ0n) is 10.1. The number of rotatable bonds is 6. The number of nitro benzene ring substituents is 1. The highest BCUT2D eigenvalue weighted by atomic mass is 16.6. The molecule has 98 valence electrons.